The van der Waals surface area contributed by atoms with Crippen LogP contribution in [0.1, 0.15) is 6.92 Å². The van der Waals surface area contributed by atoms with Gasteiger partial charge in [0, 0.05) is 0 Å². The zero-order valence-corrected chi connectivity index (χ0v) is 9.02. The third-order valence-corrected chi connectivity index (χ3v) is 2.31. The molecule has 0 saturated heterocycles. The van der Waals surface area contributed by atoms with Crippen LogP contribution in [0.3, 0.4) is 0 Å². The second kappa shape index (κ2) is 3.98. The lowest BCUT2D eigenvalue weighted by Gasteiger charge is -2.18. The molecule has 2 rings (SSSR count). The monoisotopic (exact) mass is 237 g/mol. The Kier molecular flexibility index (Phi) is 2.64. The van der Waals surface area contributed by atoms with Gasteiger partial charge >= 0.3 is 0 Å². The lowest BCUT2D eigenvalue weighted by Crippen LogP contribution is -2.35. The number of nitrogens with one attached hydrogen (secondary N) is 2. The van der Waals surface area contributed by atoms with Crippen LogP contribution in [0.25, 0.3) is 0 Å². The quantitative estimate of drug-likeness (QED) is 0.510. The van der Waals surface area contributed by atoms with Crippen molar-refractivity contribution in [1.29, 1.82) is 0 Å². The molecule has 1 atom stereocenters. The second-order valence-electron chi connectivity index (χ2n) is 3.62. The van der Waals surface area contributed by atoms with Crippen molar-refractivity contribution in [1.82, 2.24) is 9.97 Å². The number of H-pyrrole nitrogens is 1. The molecule has 90 valence electrons. The molecule has 0 bridgehead atoms. The van der Waals surface area contributed by atoms with E-state index in [2.05, 4.69) is 20.3 Å². The molecule has 0 unspecified atom stereocenters. The number of rotatable bonds is 2. The summed E-state index contributed by atoms with van der Waals surface area (Å²) in [6.45, 7) is 1.39. The number of ketones is 1. The van der Waals surface area contributed by atoms with Gasteiger partial charge in [0.05, 0.1) is 12.3 Å². The number of aliphatic imine (C=N–C) groups is 1. The van der Waals surface area contributed by atoms with E-state index in [1.807, 2.05) is 0 Å². The fraction of sp³-hybridized carbons (Fsp3) is 0.333. The SMILES string of the molecule is CC(=O)[C@@H](O)C1=Nc2c(nc(N)[nH]c2=O)NC1. The summed E-state index contributed by atoms with van der Waals surface area (Å²) in [6, 6.07) is 0. The third kappa shape index (κ3) is 2.02. The molecule has 0 amide bonds. The van der Waals surface area contributed by atoms with Gasteiger partial charge in [-0.1, -0.05) is 0 Å². The van der Waals surface area contributed by atoms with Gasteiger partial charge in [-0.15, -0.1) is 0 Å². The number of Topliss-reactive ketones (excluding diaryl/α,β-unsaturated/α-hetero) is 1. The predicted molar refractivity (Wildman–Crippen MR) is 61.5 cm³/mol. The summed E-state index contributed by atoms with van der Waals surface area (Å²) in [5.74, 6) is -0.216. The molecular formula is C9H11N5O3. The number of aliphatic hydroxyl groups is 1. The molecule has 1 aromatic heterocycles. The van der Waals surface area contributed by atoms with Crippen molar-refractivity contribution in [2.24, 2.45) is 4.99 Å². The molecular weight excluding hydrogens is 226 g/mol. The molecule has 1 aliphatic rings. The number of anilines is 2. The molecule has 0 radical (unpaired) electrons. The first-order valence-electron chi connectivity index (χ1n) is 4.88. The molecule has 0 spiro atoms. The highest BCUT2D eigenvalue weighted by Crippen LogP contribution is 2.22. The predicted octanol–water partition coefficient (Wildman–Crippen LogP) is -1.20. The maximum atomic E-state index is 11.5. The average Bonchev–Trinajstić information content (AvgIpc) is 2.27. The number of hydrogen-bond donors (Lipinski definition) is 4. The van der Waals surface area contributed by atoms with E-state index >= 15 is 0 Å². The minimum absolute atomic E-state index is 0.0146. The van der Waals surface area contributed by atoms with Crippen molar-refractivity contribution >= 4 is 28.9 Å². The molecule has 5 N–H and O–H groups in total. The Morgan fingerprint density at radius 3 is 2.94 bits per heavy atom. The molecule has 1 aliphatic heterocycles. The van der Waals surface area contributed by atoms with Gasteiger partial charge in [-0.2, -0.15) is 4.98 Å². The maximum Gasteiger partial charge on any atom is 0.280 e. The van der Waals surface area contributed by atoms with E-state index in [4.69, 9.17) is 5.73 Å². The minimum Gasteiger partial charge on any atom is -0.379 e. The molecule has 0 fully saturated rings. The Labute approximate surface area is 95.6 Å². The lowest BCUT2D eigenvalue weighted by molar-refractivity contribution is -0.121. The Morgan fingerprint density at radius 2 is 2.29 bits per heavy atom. The van der Waals surface area contributed by atoms with Gasteiger partial charge in [-0.05, 0) is 6.92 Å². The molecule has 8 nitrogen and oxygen atoms in total. The summed E-state index contributed by atoms with van der Waals surface area (Å²) in [7, 11) is 0. The van der Waals surface area contributed by atoms with E-state index in [0.29, 0.717) is 0 Å². The van der Waals surface area contributed by atoms with Crippen molar-refractivity contribution in [2.75, 3.05) is 17.6 Å². The number of aromatic nitrogens is 2. The average molecular weight is 237 g/mol. The van der Waals surface area contributed by atoms with Crippen molar-refractivity contribution in [3.05, 3.63) is 10.4 Å². The van der Waals surface area contributed by atoms with E-state index < -0.39 is 17.4 Å². The van der Waals surface area contributed by atoms with E-state index in [1.54, 1.807) is 0 Å². The summed E-state index contributed by atoms with van der Waals surface area (Å²) in [5, 5.41) is 12.3. The van der Waals surface area contributed by atoms with Crippen molar-refractivity contribution in [3.8, 4) is 0 Å². The van der Waals surface area contributed by atoms with Crippen molar-refractivity contribution < 1.29 is 9.90 Å². The van der Waals surface area contributed by atoms with Crippen LogP contribution in [-0.2, 0) is 4.79 Å². The van der Waals surface area contributed by atoms with E-state index in [1.165, 1.54) is 6.92 Å². The molecule has 1 aromatic rings. The number of nitrogen functional groups attached to an aromatic ring is 1. The van der Waals surface area contributed by atoms with E-state index in [9.17, 15) is 14.7 Å². The standard InChI is InChI=1S/C9H11N5O3/c1-3(15)6(16)4-2-11-7-5(12-4)8(17)14-9(10)13-7/h6,16H,2H2,1H3,(H4,10,11,13,14,17)/t6-/m1/s1. The molecule has 17 heavy (non-hydrogen) atoms. The highest BCUT2D eigenvalue weighted by Gasteiger charge is 2.23. The number of carbonyl (C=O) groups is 1. The number of nitrogens with zero attached hydrogens (tertiary/aromatic N) is 2. The van der Waals surface area contributed by atoms with Gasteiger partial charge in [-0.25, -0.2) is 4.99 Å². The number of nitrogens with two attached hydrogens (primary N) is 1. The number of carbonyl (C=O) groups excluding carboxylic acids is 1. The number of aromatic amines is 1. The van der Waals surface area contributed by atoms with Gasteiger partial charge in [0.1, 0.15) is 0 Å². The molecule has 2 heterocycles. The van der Waals surface area contributed by atoms with E-state index in [0.717, 1.165) is 0 Å². The van der Waals surface area contributed by atoms with Crippen LogP contribution in [-0.4, -0.2) is 39.2 Å². The van der Waals surface area contributed by atoms with Crippen LogP contribution < -0.4 is 16.6 Å². The molecule has 0 aliphatic carbocycles. The fourth-order valence-corrected chi connectivity index (χ4v) is 1.46. The van der Waals surface area contributed by atoms with Gasteiger partial charge in [-0.3, -0.25) is 14.6 Å². The van der Waals surface area contributed by atoms with Gasteiger partial charge in [0.15, 0.2) is 23.4 Å². The third-order valence-electron chi connectivity index (χ3n) is 2.31. The molecule has 0 aromatic carbocycles. The first kappa shape index (κ1) is 11.3. The van der Waals surface area contributed by atoms with Crippen LogP contribution in [0.2, 0.25) is 0 Å². The summed E-state index contributed by atoms with van der Waals surface area (Å²) in [4.78, 5) is 32.6. The van der Waals surface area contributed by atoms with Gasteiger partial charge in [0.25, 0.3) is 5.56 Å². The Hall–Kier alpha value is -2.22. The maximum absolute atomic E-state index is 11.5. The normalized spacial score (nSPS) is 15.5. The van der Waals surface area contributed by atoms with Crippen LogP contribution >= 0.6 is 0 Å². The van der Waals surface area contributed by atoms with Crippen molar-refractivity contribution in [3.63, 3.8) is 0 Å². The van der Waals surface area contributed by atoms with Crippen LogP contribution in [0.4, 0.5) is 17.5 Å². The highest BCUT2D eigenvalue weighted by molar-refractivity contribution is 6.10. The van der Waals surface area contributed by atoms with E-state index in [-0.39, 0.29) is 29.7 Å². The summed E-state index contributed by atoms with van der Waals surface area (Å²) >= 11 is 0. The number of hydrogen-bond acceptors (Lipinski definition) is 7. The first-order chi connectivity index (χ1) is 7.99. The van der Waals surface area contributed by atoms with Gasteiger partial charge in [0.2, 0.25) is 5.95 Å². The molecule has 0 saturated carbocycles. The lowest BCUT2D eigenvalue weighted by atomic mass is 10.1. The summed E-state index contributed by atoms with van der Waals surface area (Å²) in [5.41, 5.74) is 5.04. The highest BCUT2D eigenvalue weighted by atomic mass is 16.3. The zero-order chi connectivity index (χ0) is 12.6. The first-order valence-corrected chi connectivity index (χ1v) is 4.88. The van der Waals surface area contributed by atoms with Crippen molar-refractivity contribution in [2.45, 2.75) is 13.0 Å². The minimum atomic E-state index is -1.31. The smallest absolute Gasteiger partial charge is 0.280 e. The number of fused-ring (bicyclic) bond motifs is 1. The Morgan fingerprint density at radius 1 is 1.59 bits per heavy atom. The fourth-order valence-electron chi connectivity index (χ4n) is 1.46. The Bertz CT molecular complexity index is 562. The summed E-state index contributed by atoms with van der Waals surface area (Å²) < 4.78 is 0. The summed E-state index contributed by atoms with van der Waals surface area (Å²) in [6.07, 6.45) is -1.31. The largest absolute Gasteiger partial charge is 0.379 e. The van der Waals surface area contributed by atoms with Gasteiger partial charge < -0.3 is 16.2 Å². The number of aliphatic hydroxyl groups excluding tert-OH is 1. The van der Waals surface area contributed by atoms with Crippen LogP contribution in [0, 0.1) is 0 Å². The van der Waals surface area contributed by atoms with Crippen LogP contribution in [0.5, 0.6) is 0 Å². The Balaban J connectivity index is 2.48. The topological polar surface area (TPSA) is 133 Å². The zero-order valence-electron chi connectivity index (χ0n) is 9.02. The van der Waals surface area contributed by atoms with Crippen LogP contribution in [0.15, 0.2) is 9.79 Å². The molecule has 8 heteroatoms. The second-order valence-corrected chi connectivity index (χ2v) is 3.62.